The molecule has 0 amide bonds. The molecule has 212 valence electrons. The van der Waals surface area contributed by atoms with Crippen molar-refractivity contribution in [2.45, 2.75) is 24.7 Å². The van der Waals surface area contributed by atoms with Crippen molar-refractivity contribution in [2.24, 2.45) is 0 Å². The van der Waals surface area contributed by atoms with E-state index in [2.05, 4.69) is 159 Å². The topological polar surface area (TPSA) is 9.23 Å². The minimum Gasteiger partial charge on any atom is -0.456 e. The van der Waals surface area contributed by atoms with E-state index in [0.29, 0.717) is 0 Å². The van der Waals surface area contributed by atoms with Crippen molar-refractivity contribution in [1.29, 1.82) is 0 Å². The van der Waals surface area contributed by atoms with Gasteiger partial charge in [-0.25, -0.2) is 0 Å². The summed E-state index contributed by atoms with van der Waals surface area (Å²) in [5, 5.41) is 2.33. The van der Waals surface area contributed by atoms with E-state index in [0.717, 1.165) is 16.9 Å². The first-order chi connectivity index (χ1) is 22.1. The Morgan fingerprint density at radius 1 is 0.422 bits per heavy atom. The lowest BCUT2D eigenvalue weighted by molar-refractivity contribution is 0.442. The third kappa shape index (κ3) is 3.08. The highest BCUT2D eigenvalue weighted by atomic mass is 16.5. The van der Waals surface area contributed by atoms with Crippen LogP contribution in [-0.4, -0.2) is 0 Å². The Labute approximate surface area is 263 Å². The van der Waals surface area contributed by atoms with Crippen molar-refractivity contribution >= 4 is 10.8 Å². The molecule has 1 heterocycles. The van der Waals surface area contributed by atoms with Crippen molar-refractivity contribution in [1.82, 2.24) is 0 Å². The second kappa shape index (κ2) is 8.61. The molecule has 1 spiro atoms. The zero-order chi connectivity index (χ0) is 29.9. The third-order valence-corrected chi connectivity index (χ3v) is 10.7. The summed E-state index contributed by atoms with van der Waals surface area (Å²) in [5.74, 6) is 1.87. The number of hydrogen-bond donors (Lipinski definition) is 0. The Kier molecular flexibility index (Phi) is 4.78. The predicted molar refractivity (Wildman–Crippen MR) is 184 cm³/mol. The molecule has 7 aromatic carbocycles. The number of benzene rings is 7. The first-order valence-electron chi connectivity index (χ1n) is 15.9. The van der Waals surface area contributed by atoms with Crippen LogP contribution in [-0.2, 0) is 10.8 Å². The van der Waals surface area contributed by atoms with Crippen LogP contribution in [0.15, 0.2) is 146 Å². The van der Waals surface area contributed by atoms with Gasteiger partial charge in [-0.15, -0.1) is 0 Å². The van der Waals surface area contributed by atoms with Crippen LogP contribution in [0.5, 0.6) is 11.5 Å². The third-order valence-electron chi connectivity index (χ3n) is 10.7. The number of rotatable bonds is 1. The summed E-state index contributed by atoms with van der Waals surface area (Å²) >= 11 is 0. The Morgan fingerprint density at radius 3 is 1.73 bits per heavy atom. The van der Waals surface area contributed by atoms with E-state index < -0.39 is 5.41 Å². The van der Waals surface area contributed by atoms with Crippen molar-refractivity contribution in [3.05, 3.63) is 179 Å². The minimum atomic E-state index is -0.499. The fourth-order valence-corrected chi connectivity index (χ4v) is 8.71. The Bertz CT molecular complexity index is 2340. The van der Waals surface area contributed by atoms with Gasteiger partial charge in [0.05, 0.1) is 5.41 Å². The van der Waals surface area contributed by atoms with Crippen molar-refractivity contribution in [3.8, 4) is 44.9 Å². The van der Waals surface area contributed by atoms with Crippen LogP contribution >= 0.6 is 0 Å². The second-order valence-corrected chi connectivity index (χ2v) is 13.2. The normalized spacial score (nSPS) is 15.4. The first kappa shape index (κ1) is 25.0. The van der Waals surface area contributed by atoms with Gasteiger partial charge in [0, 0.05) is 21.9 Å². The van der Waals surface area contributed by atoms with E-state index >= 15 is 0 Å². The molecular formula is C44H30O. The molecule has 1 heteroatoms. The Morgan fingerprint density at radius 2 is 0.978 bits per heavy atom. The van der Waals surface area contributed by atoms with Gasteiger partial charge in [-0.1, -0.05) is 141 Å². The molecule has 0 unspecified atom stereocenters. The molecule has 2 aliphatic carbocycles. The highest BCUT2D eigenvalue weighted by molar-refractivity contribution is 5.96. The largest absolute Gasteiger partial charge is 0.456 e. The first-order valence-corrected chi connectivity index (χ1v) is 15.9. The summed E-state index contributed by atoms with van der Waals surface area (Å²) < 4.78 is 6.95. The van der Waals surface area contributed by atoms with Gasteiger partial charge in [-0.3, -0.25) is 0 Å². The zero-order valence-corrected chi connectivity index (χ0v) is 25.3. The summed E-state index contributed by atoms with van der Waals surface area (Å²) in [5.41, 5.74) is 15.0. The van der Waals surface area contributed by atoms with Gasteiger partial charge >= 0.3 is 0 Å². The predicted octanol–water partition coefficient (Wildman–Crippen LogP) is 11.3. The molecule has 1 nitrogen and oxygen atoms in total. The molecule has 1 aliphatic heterocycles. The SMILES string of the molecule is CC1(C)c2ccccc2-c2cc(-c3ccc4c(c3)C3(c5ccccc5-c5ccccc53)c3ccc5ccccc5c3O4)ccc21. The van der Waals surface area contributed by atoms with Gasteiger partial charge in [0.1, 0.15) is 11.5 Å². The van der Waals surface area contributed by atoms with E-state index in [-0.39, 0.29) is 5.41 Å². The molecule has 0 N–H and O–H groups in total. The lowest BCUT2D eigenvalue weighted by Crippen LogP contribution is -2.32. The van der Waals surface area contributed by atoms with Crippen molar-refractivity contribution in [3.63, 3.8) is 0 Å². The molecule has 0 aromatic heterocycles. The molecule has 0 atom stereocenters. The quantitative estimate of drug-likeness (QED) is 0.189. The Balaban J connectivity index is 1.27. The number of hydrogen-bond acceptors (Lipinski definition) is 1. The van der Waals surface area contributed by atoms with Gasteiger partial charge in [0.2, 0.25) is 0 Å². The second-order valence-electron chi connectivity index (χ2n) is 13.2. The van der Waals surface area contributed by atoms with E-state index in [1.165, 1.54) is 72.1 Å². The monoisotopic (exact) mass is 574 g/mol. The van der Waals surface area contributed by atoms with E-state index in [4.69, 9.17) is 4.74 Å². The molecule has 7 aromatic rings. The van der Waals surface area contributed by atoms with Gasteiger partial charge in [0.25, 0.3) is 0 Å². The van der Waals surface area contributed by atoms with Gasteiger partial charge < -0.3 is 4.74 Å². The standard InChI is InChI=1S/C44H30O/c1-43(2)35-16-8-5-15-33(35)34-25-28(20-22-36(34)43)29-21-24-41-40(26-29)44(39-23-19-27-11-3-4-12-30(27)42(39)45-41)37-17-9-6-13-31(37)32-14-7-10-18-38(32)44/h3-26H,1-2H3. The molecule has 0 radical (unpaired) electrons. The summed E-state index contributed by atoms with van der Waals surface area (Å²) in [7, 11) is 0. The fraction of sp³-hybridized carbons (Fsp3) is 0.0909. The lowest BCUT2D eigenvalue weighted by atomic mass is 9.65. The summed E-state index contributed by atoms with van der Waals surface area (Å²) in [6.07, 6.45) is 0. The minimum absolute atomic E-state index is 0.0119. The van der Waals surface area contributed by atoms with Gasteiger partial charge in [-0.05, 0) is 79.2 Å². The van der Waals surface area contributed by atoms with Crippen LogP contribution in [0.25, 0.3) is 44.2 Å². The van der Waals surface area contributed by atoms with Crippen LogP contribution in [0.3, 0.4) is 0 Å². The smallest absolute Gasteiger partial charge is 0.140 e. The van der Waals surface area contributed by atoms with E-state index in [1.807, 2.05) is 0 Å². The van der Waals surface area contributed by atoms with Crippen molar-refractivity contribution < 1.29 is 4.74 Å². The number of ether oxygens (including phenoxy) is 1. The molecule has 3 aliphatic rings. The van der Waals surface area contributed by atoms with Gasteiger partial charge in [0.15, 0.2) is 0 Å². The van der Waals surface area contributed by atoms with Crippen LogP contribution in [0, 0.1) is 0 Å². The molecule has 0 saturated heterocycles. The molecule has 0 saturated carbocycles. The van der Waals surface area contributed by atoms with Crippen LogP contribution in [0.2, 0.25) is 0 Å². The zero-order valence-electron chi connectivity index (χ0n) is 25.3. The van der Waals surface area contributed by atoms with Crippen LogP contribution in [0.4, 0.5) is 0 Å². The Hall–Kier alpha value is -5.40. The molecule has 0 fully saturated rings. The molecular weight excluding hydrogens is 544 g/mol. The maximum Gasteiger partial charge on any atom is 0.140 e. The fourth-order valence-electron chi connectivity index (χ4n) is 8.71. The number of fused-ring (bicyclic) bond motifs is 14. The molecule has 10 rings (SSSR count). The van der Waals surface area contributed by atoms with E-state index in [1.54, 1.807) is 0 Å². The maximum absolute atomic E-state index is 6.95. The van der Waals surface area contributed by atoms with Crippen LogP contribution < -0.4 is 4.74 Å². The van der Waals surface area contributed by atoms with Gasteiger partial charge in [-0.2, -0.15) is 0 Å². The highest BCUT2D eigenvalue weighted by Gasteiger charge is 2.51. The molecule has 45 heavy (non-hydrogen) atoms. The highest BCUT2D eigenvalue weighted by Crippen LogP contribution is 2.63. The lowest BCUT2D eigenvalue weighted by Gasteiger charge is -2.40. The maximum atomic E-state index is 6.95. The van der Waals surface area contributed by atoms with Crippen LogP contribution in [0.1, 0.15) is 47.2 Å². The van der Waals surface area contributed by atoms with Crippen molar-refractivity contribution in [2.75, 3.05) is 0 Å². The molecule has 0 bridgehead atoms. The summed E-state index contributed by atoms with van der Waals surface area (Å²) in [6, 6.07) is 53.8. The average molecular weight is 575 g/mol. The van der Waals surface area contributed by atoms with E-state index in [9.17, 15) is 0 Å². The average Bonchev–Trinajstić information content (AvgIpc) is 3.51. The summed E-state index contributed by atoms with van der Waals surface area (Å²) in [6.45, 7) is 4.68. The summed E-state index contributed by atoms with van der Waals surface area (Å²) in [4.78, 5) is 0.